The molecule has 6 nitrogen and oxygen atoms in total. The van der Waals surface area contributed by atoms with Crippen molar-refractivity contribution in [2.24, 2.45) is 4.99 Å². The van der Waals surface area contributed by atoms with E-state index in [0.717, 1.165) is 26.0 Å². The predicted molar refractivity (Wildman–Crippen MR) is 87.0 cm³/mol. The van der Waals surface area contributed by atoms with Crippen molar-refractivity contribution in [3.05, 3.63) is 23.2 Å². The number of rotatable bonds is 5. The molecule has 0 amide bonds. The fourth-order valence-corrected chi connectivity index (χ4v) is 4.06. The highest BCUT2D eigenvalue weighted by Gasteiger charge is 2.28. The zero-order valence-electron chi connectivity index (χ0n) is 11.8. The SMILES string of the molecule is COc1ccc2nc(C3=NC(C(=O)OCCO)CS3)sc2c1. The maximum Gasteiger partial charge on any atom is 0.331 e. The van der Waals surface area contributed by atoms with Crippen LogP contribution in [0.15, 0.2) is 23.2 Å². The summed E-state index contributed by atoms with van der Waals surface area (Å²) in [5.74, 6) is 0.923. The standard InChI is InChI=1S/C14H14N2O4S2/c1-19-8-2-3-9-11(6-8)22-13(15-9)12-16-10(7-21-12)14(18)20-5-4-17/h2-3,6,10,17H,4-5,7H2,1H3. The van der Waals surface area contributed by atoms with Crippen molar-refractivity contribution in [3.63, 3.8) is 0 Å². The maximum absolute atomic E-state index is 11.7. The number of aliphatic imine (C=N–C) groups is 1. The molecule has 116 valence electrons. The maximum atomic E-state index is 11.7. The van der Waals surface area contributed by atoms with Gasteiger partial charge in [-0.3, -0.25) is 4.99 Å². The van der Waals surface area contributed by atoms with Gasteiger partial charge in [-0.25, -0.2) is 9.78 Å². The van der Waals surface area contributed by atoms with E-state index in [4.69, 9.17) is 14.6 Å². The minimum atomic E-state index is -0.520. The summed E-state index contributed by atoms with van der Waals surface area (Å²) in [6.45, 7) is -0.173. The largest absolute Gasteiger partial charge is 0.497 e. The average molecular weight is 338 g/mol. The van der Waals surface area contributed by atoms with Crippen LogP contribution in [-0.4, -0.2) is 53.2 Å². The van der Waals surface area contributed by atoms with E-state index in [1.165, 1.54) is 23.1 Å². The van der Waals surface area contributed by atoms with Gasteiger partial charge in [0.25, 0.3) is 0 Å². The highest BCUT2D eigenvalue weighted by atomic mass is 32.2. The van der Waals surface area contributed by atoms with Crippen molar-refractivity contribution in [1.29, 1.82) is 0 Å². The summed E-state index contributed by atoms with van der Waals surface area (Å²) in [5, 5.41) is 10.2. The van der Waals surface area contributed by atoms with Crippen molar-refractivity contribution in [2.45, 2.75) is 6.04 Å². The number of aliphatic hydroxyl groups excluding tert-OH is 1. The first-order valence-electron chi connectivity index (χ1n) is 6.64. The van der Waals surface area contributed by atoms with Crippen LogP contribution in [0.5, 0.6) is 5.75 Å². The zero-order valence-corrected chi connectivity index (χ0v) is 13.4. The molecule has 1 aromatic carbocycles. The van der Waals surface area contributed by atoms with E-state index in [9.17, 15) is 4.79 Å². The van der Waals surface area contributed by atoms with E-state index in [1.807, 2.05) is 18.2 Å². The van der Waals surface area contributed by atoms with E-state index in [-0.39, 0.29) is 13.2 Å². The normalized spacial score (nSPS) is 17.5. The van der Waals surface area contributed by atoms with Crippen LogP contribution < -0.4 is 4.74 Å². The van der Waals surface area contributed by atoms with Crippen molar-refractivity contribution in [3.8, 4) is 5.75 Å². The summed E-state index contributed by atoms with van der Waals surface area (Å²) in [4.78, 5) is 20.7. The molecule has 0 saturated carbocycles. The third kappa shape index (κ3) is 3.08. The van der Waals surface area contributed by atoms with Crippen molar-refractivity contribution >= 4 is 44.3 Å². The molecule has 0 saturated heterocycles. The molecule has 0 bridgehead atoms. The summed E-state index contributed by atoms with van der Waals surface area (Å²) < 4.78 is 11.1. The van der Waals surface area contributed by atoms with Gasteiger partial charge in [0.2, 0.25) is 0 Å². The number of carbonyl (C=O) groups is 1. The number of carbonyl (C=O) groups excluding carboxylic acids is 1. The second-order valence-corrected chi connectivity index (χ2v) is 6.54. The molecule has 0 fully saturated rings. The molecule has 8 heteroatoms. The van der Waals surface area contributed by atoms with Gasteiger partial charge in [-0.05, 0) is 18.2 Å². The average Bonchev–Trinajstić information content (AvgIpc) is 3.17. The Morgan fingerprint density at radius 3 is 3.14 bits per heavy atom. The minimum Gasteiger partial charge on any atom is -0.497 e. The molecular weight excluding hydrogens is 324 g/mol. The summed E-state index contributed by atoms with van der Waals surface area (Å²) >= 11 is 3.01. The van der Waals surface area contributed by atoms with Gasteiger partial charge in [0.05, 0.1) is 23.9 Å². The van der Waals surface area contributed by atoms with E-state index in [2.05, 4.69) is 9.98 Å². The number of benzene rings is 1. The monoisotopic (exact) mass is 338 g/mol. The number of hydrogen-bond donors (Lipinski definition) is 1. The number of esters is 1. The molecule has 22 heavy (non-hydrogen) atoms. The minimum absolute atomic E-state index is 0.00574. The quantitative estimate of drug-likeness (QED) is 0.836. The highest BCUT2D eigenvalue weighted by molar-refractivity contribution is 8.15. The number of hydrogen-bond acceptors (Lipinski definition) is 8. The molecule has 1 aliphatic rings. The molecule has 1 aliphatic heterocycles. The van der Waals surface area contributed by atoms with Gasteiger partial charge >= 0.3 is 5.97 Å². The lowest BCUT2D eigenvalue weighted by atomic mass is 10.3. The van der Waals surface area contributed by atoms with E-state index in [0.29, 0.717) is 5.75 Å². The molecule has 2 aromatic rings. The predicted octanol–water partition coefficient (Wildman–Crippen LogP) is 1.70. The van der Waals surface area contributed by atoms with E-state index < -0.39 is 12.0 Å². The number of aliphatic hydroxyl groups is 1. The number of thioether (sulfide) groups is 1. The summed E-state index contributed by atoms with van der Waals surface area (Å²) in [5.41, 5.74) is 0.885. The lowest BCUT2D eigenvalue weighted by Crippen LogP contribution is -2.22. The Balaban J connectivity index is 1.80. The summed E-state index contributed by atoms with van der Waals surface area (Å²) in [6, 6.07) is 5.18. The number of nitrogens with zero attached hydrogens (tertiary/aromatic N) is 2. The van der Waals surface area contributed by atoms with Gasteiger partial charge in [-0.15, -0.1) is 23.1 Å². The molecule has 1 N–H and O–H groups in total. The Morgan fingerprint density at radius 1 is 1.50 bits per heavy atom. The molecule has 0 aliphatic carbocycles. The Morgan fingerprint density at radius 2 is 2.36 bits per heavy atom. The van der Waals surface area contributed by atoms with Crippen LogP contribution >= 0.6 is 23.1 Å². The molecule has 1 aromatic heterocycles. The first-order chi connectivity index (χ1) is 10.7. The Labute approximate surface area is 135 Å². The zero-order chi connectivity index (χ0) is 15.5. The van der Waals surface area contributed by atoms with E-state index in [1.54, 1.807) is 7.11 Å². The van der Waals surface area contributed by atoms with Gasteiger partial charge in [-0.2, -0.15) is 0 Å². The molecule has 1 unspecified atom stereocenters. The van der Waals surface area contributed by atoms with Gasteiger partial charge in [0, 0.05) is 5.75 Å². The summed E-state index contributed by atoms with van der Waals surface area (Å²) in [6.07, 6.45) is 0. The van der Waals surface area contributed by atoms with Crippen molar-refractivity contribution in [1.82, 2.24) is 4.98 Å². The molecule has 3 rings (SSSR count). The molecule has 1 atom stereocenters. The van der Waals surface area contributed by atoms with Crippen LogP contribution in [0.25, 0.3) is 10.2 Å². The number of methoxy groups -OCH3 is 1. The van der Waals surface area contributed by atoms with Crippen LogP contribution in [0.2, 0.25) is 0 Å². The van der Waals surface area contributed by atoms with Crippen LogP contribution in [0.3, 0.4) is 0 Å². The Kier molecular flexibility index (Phi) is 4.60. The van der Waals surface area contributed by atoms with E-state index >= 15 is 0 Å². The number of ether oxygens (including phenoxy) is 2. The van der Waals surface area contributed by atoms with Crippen molar-refractivity contribution in [2.75, 3.05) is 26.1 Å². The Bertz CT molecular complexity index is 729. The molecular formula is C14H14N2O4S2. The van der Waals surface area contributed by atoms with Gasteiger partial charge in [0.1, 0.15) is 22.4 Å². The fraction of sp³-hybridized carbons (Fsp3) is 0.357. The van der Waals surface area contributed by atoms with Crippen LogP contribution in [0, 0.1) is 0 Å². The lowest BCUT2D eigenvalue weighted by molar-refractivity contribution is -0.145. The van der Waals surface area contributed by atoms with Crippen molar-refractivity contribution < 1.29 is 19.4 Å². The van der Waals surface area contributed by atoms with Gasteiger partial charge < -0.3 is 14.6 Å². The topological polar surface area (TPSA) is 81.0 Å². The first-order valence-corrected chi connectivity index (χ1v) is 8.44. The smallest absolute Gasteiger partial charge is 0.331 e. The molecule has 0 radical (unpaired) electrons. The number of aromatic nitrogens is 1. The molecule has 2 heterocycles. The number of fused-ring (bicyclic) bond motifs is 1. The lowest BCUT2D eigenvalue weighted by Gasteiger charge is -2.04. The highest BCUT2D eigenvalue weighted by Crippen LogP contribution is 2.31. The third-order valence-electron chi connectivity index (χ3n) is 3.04. The fourth-order valence-electron chi connectivity index (χ4n) is 1.98. The van der Waals surface area contributed by atoms with Crippen LogP contribution in [-0.2, 0) is 9.53 Å². The summed E-state index contributed by atoms with van der Waals surface area (Å²) in [7, 11) is 1.63. The Hall–Kier alpha value is -1.64. The number of thiazole rings is 1. The second kappa shape index (κ2) is 6.64. The van der Waals surface area contributed by atoms with Gasteiger partial charge in [0.15, 0.2) is 6.04 Å². The molecule has 0 spiro atoms. The van der Waals surface area contributed by atoms with Gasteiger partial charge in [-0.1, -0.05) is 0 Å². The van der Waals surface area contributed by atoms with Crippen LogP contribution in [0.4, 0.5) is 0 Å². The first kappa shape index (κ1) is 15.3. The third-order valence-corrected chi connectivity index (χ3v) is 5.25. The van der Waals surface area contributed by atoms with Crippen LogP contribution in [0.1, 0.15) is 5.01 Å². The second-order valence-electron chi connectivity index (χ2n) is 4.50.